The van der Waals surface area contributed by atoms with E-state index in [0.29, 0.717) is 11.6 Å². The lowest BCUT2D eigenvalue weighted by Gasteiger charge is -2.23. The molecule has 0 unspecified atom stereocenters. The van der Waals surface area contributed by atoms with Crippen molar-refractivity contribution in [2.24, 2.45) is 0 Å². The molecule has 4 heteroatoms. The average Bonchev–Trinajstić information content (AvgIpc) is 2.63. The molecular formula is C15H15ClN2O. The van der Waals surface area contributed by atoms with Crippen molar-refractivity contribution in [2.75, 3.05) is 23.8 Å². The van der Waals surface area contributed by atoms with Crippen LogP contribution in [0.2, 0.25) is 5.02 Å². The summed E-state index contributed by atoms with van der Waals surface area (Å²) in [7, 11) is 0. The Hall–Kier alpha value is -1.87. The van der Waals surface area contributed by atoms with Gasteiger partial charge in [0.05, 0.1) is 17.9 Å². The van der Waals surface area contributed by atoms with E-state index in [9.17, 15) is 0 Å². The zero-order valence-electron chi connectivity index (χ0n) is 10.5. The Labute approximate surface area is 117 Å². The molecule has 0 spiro atoms. The maximum atomic E-state index is 6.06. The minimum atomic E-state index is 0.642. The van der Waals surface area contributed by atoms with Crippen LogP contribution in [0.1, 0.15) is 5.56 Å². The number of nitrogens with two attached hydrogens (primary N) is 1. The first-order valence-corrected chi connectivity index (χ1v) is 6.62. The van der Waals surface area contributed by atoms with Crippen LogP contribution in [0.3, 0.4) is 0 Å². The molecule has 0 amide bonds. The van der Waals surface area contributed by atoms with Crippen molar-refractivity contribution >= 4 is 23.0 Å². The highest BCUT2D eigenvalue weighted by Gasteiger charge is 2.17. The number of rotatable bonds is 1. The first-order valence-electron chi connectivity index (χ1n) is 6.25. The van der Waals surface area contributed by atoms with Crippen LogP contribution < -0.4 is 15.4 Å². The lowest BCUT2D eigenvalue weighted by atomic mass is 10.1. The van der Waals surface area contributed by atoms with Crippen LogP contribution in [0.4, 0.5) is 11.4 Å². The van der Waals surface area contributed by atoms with Gasteiger partial charge in [-0.1, -0.05) is 29.8 Å². The van der Waals surface area contributed by atoms with E-state index >= 15 is 0 Å². The van der Waals surface area contributed by atoms with Crippen LogP contribution in [0.5, 0.6) is 5.75 Å². The molecule has 1 aliphatic rings. The monoisotopic (exact) mass is 274 g/mol. The van der Waals surface area contributed by atoms with E-state index in [2.05, 4.69) is 11.0 Å². The van der Waals surface area contributed by atoms with Gasteiger partial charge in [-0.25, -0.2) is 0 Å². The van der Waals surface area contributed by atoms with Crippen LogP contribution in [-0.4, -0.2) is 13.2 Å². The van der Waals surface area contributed by atoms with Gasteiger partial charge in [0, 0.05) is 17.1 Å². The third kappa shape index (κ3) is 2.47. The zero-order chi connectivity index (χ0) is 13.2. The summed E-state index contributed by atoms with van der Waals surface area (Å²) in [5.41, 5.74) is 8.92. The Kier molecular flexibility index (Phi) is 3.22. The molecule has 2 N–H and O–H groups in total. The maximum absolute atomic E-state index is 6.06. The number of benzene rings is 2. The van der Waals surface area contributed by atoms with Crippen LogP contribution in [0.25, 0.3) is 0 Å². The van der Waals surface area contributed by atoms with Crippen molar-refractivity contribution < 1.29 is 4.74 Å². The van der Waals surface area contributed by atoms with Gasteiger partial charge in [-0.05, 0) is 24.3 Å². The molecule has 0 aliphatic carbocycles. The van der Waals surface area contributed by atoms with Crippen LogP contribution in [0, 0.1) is 0 Å². The molecular weight excluding hydrogens is 260 g/mol. The Morgan fingerprint density at radius 2 is 2.00 bits per heavy atom. The van der Waals surface area contributed by atoms with Gasteiger partial charge in [0.1, 0.15) is 12.4 Å². The predicted molar refractivity (Wildman–Crippen MR) is 78.9 cm³/mol. The Balaban J connectivity index is 1.96. The van der Waals surface area contributed by atoms with Crippen LogP contribution >= 0.6 is 11.6 Å². The van der Waals surface area contributed by atoms with Gasteiger partial charge in [-0.2, -0.15) is 0 Å². The Morgan fingerprint density at radius 1 is 1.16 bits per heavy atom. The number of ether oxygens (including phenoxy) is 1. The third-order valence-corrected chi connectivity index (χ3v) is 3.52. The summed E-state index contributed by atoms with van der Waals surface area (Å²) in [4.78, 5) is 2.20. The van der Waals surface area contributed by atoms with Crippen molar-refractivity contribution in [2.45, 2.75) is 6.54 Å². The number of nitrogens with zero attached hydrogens (tertiary/aromatic N) is 1. The number of hydrogen-bond donors (Lipinski definition) is 1. The molecule has 1 aliphatic heterocycles. The first-order chi connectivity index (χ1) is 9.24. The highest BCUT2D eigenvalue weighted by Crippen LogP contribution is 2.31. The van der Waals surface area contributed by atoms with Crippen molar-refractivity contribution in [1.29, 1.82) is 0 Å². The van der Waals surface area contributed by atoms with E-state index in [1.54, 1.807) is 0 Å². The van der Waals surface area contributed by atoms with Crippen molar-refractivity contribution in [3.8, 4) is 5.75 Å². The predicted octanol–water partition coefficient (Wildman–Crippen LogP) is 3.32. The normalized spacial score (nSPS) is 14.5. The van der Waals surface area contributed by atoms with Crippen molar-refractivity contribution in [3.05, 3.63) is 53.1 Å². The van der Waals surface area contributed by atoms with Crippen LogP contribution in [-0.2, 0) is 6.54 Å². The SMILES string of the molecule is Nc1ccc(Cl)cc1N1CCOc2ccccc2C1. The molecule has 19 heavy (non-hydrogen) atoms. The molecule has 3 nitrogen and oxygen atoms in total. The summed E-state index contributed by atoms with van der Waals surface area (Å²) < 4.78 is 5.75. The molecule has 2 aromatic carbocycles. The second kappa shape index (κ2) is 5.02. The largest absolute Gasteiger partial charge is 0.491 e. The fourth-order valence-electron chi connectivity index (χ4n) is 2.32. The molecule has 0 aromatic heterocycles. The second-order valence-corrected chi connectivity index (χ2v) is 5.02. The summed E-state index contributed by atoms with van der Waals surface area (Å²) >= 11 is 6.06. The second-order valence-electron chi connectivity index (χ2n) is 4.58. The van der Waals surface area contributed by atoms with Gasteiger partial charge in [-0.15, -0.1) is 0 Å². The minimum Gasteiger partial charge on any atom is -0.491 e. The standard InChI is InChI=1S/C15H15ClN2O/c16-12-5-6-13(17)14(9-12)18-7-8-19-15-4-2-1-3-11(15)10-18/h1-6,9H,7-8,10,17H2. The number of nitrogen functional groups attached to an aromatic ring is 1. The molecule has 0 radical (unpaired) electrons. The van der Waals surface area contributed by atoms with Gasteiger partial charge in [-0.3, -0.25) is 0 Å². The molecule has 98 valence electrons. The Morgan fingerprint density at radius 3 is 2.89 bits per heavy atom. The first kappa shape index (κ1) is 12.2. The van der Waals surface area contributed by atoms with Gasteiger partial charge >= 0.3 is 0 Å². The minimum absolute atomic E-state index is 0.642. The summed E-state index contributed by atoms with van der Waals surface area (Å²) in [6.07, 6.45) is 0. The fourth-order valence-corrected chi connectivity index (χ4v) is 2.49. The lowest BCUT2D eigenvalue weighted by Crippen LogP contribution is -2.26. The highest BCUT2D eigenvalue weighted by molar-refractivity contribution is 6.31. The smallest absolute Gasteiger partial charge is 0.124 e. The average molecular weight is 275 g/mol. The van der Waals surface area contributed by atoms with E-state index in [1.165, 1.54) is 5.56 Å². The van der Waals surface area contributed by atoms with Crippen molar-refractivity contribution in [3.63, 3.8) is 0 Å². The summed E-state index contributed by atoms with van der Waals surface area (Å²) in [5, 5.41) is 0.697. The summed E-state index contributed by atoms with van der Waals surface area (Å²) in [5.74, 6) is 0.950. The van der Waals surface area contributed by atoms with Gasteiger partial charge in [0.25, 0.3) is 0 Å². The van der Waals surface area contributed by atoms with Gasteiger partial charge in [0.15, 0.2) is 0 Å². The van der Waals surface area contributed by atoms with Gasteiger partial charge in [0.2, 0.25) is 0 Å². The van der Waals surface area contributed by atoms with Crippen molar-refractivity contribution in [1.82, 2.24) is 0 Å². The van der Waals surface area contributed by atoms with E-state index in [0.717, 1.165) is 30.2 Å². The fraction of sp³-hybridized carbons (Fsp3) is 0.200. The quantitative estimate of drug-likeness (QED) is 0.811. The molecule has 0 atom stereocenters. The Bertz CT molecular complexity index is 600. The number of para-hydroxylation sites is 1. The zero-order valence-corrected chi connectivity index (χ0v) is 11.2. The number of hydrogen-bond acceptors (Lipinski definition) is 3. The molecule has 3 rings (SSSR count). The molecule has 0 fully saturated rings. The van der Waals surface area contributed by atoms with E-state index in [4.69, 9.17) is 22.1 Å². The number of fused-ring (bicyclic) bond motifs is 1. The third-order valence-electron chi connectivity index (χ3n) is 3.29. The molecule has 0 saturated carbocycles. The molecule has 1 heterocycles. The number of anilines is 2. The number of halogens is 1. The van der Waals surface area contributed by atoms with Crippen LogP contribution in [0.15, 0.2) is 42.5 Å². The van der Waals surface area contributed by atoms with Gasteiger partial charge < -0.3 is 15.4 Å². The van der Waals surface area contributed by atoms with E-state index < -0.39 is 0 Å². The summed E-state index contributed by atoms with van der Waals surface area (Å²) in [6.45, 7) is 2.21. The molecule has 0 bridgehead atoms. The highest BCUT2D eigenvalue weighted by atomic mass is 35.5. The lowest BCUT2D eigenvalue weighted by molar-refractivity contribution is 0.331. The van der Waals surface area contributed by atoms with E-state index in [-0.39, 0.29) is 0 Å². The maximum Gasteiger partial charge on any atom is 0.124 e. The molecule has 0 saturated heterocycles. The summed E-state index contributed by atoms with van der Waals surface area (Å²) in [6, 6.07) is 13.6. The topological polar surface area (TPSA) is 38.5 Å². The van der Waals surface area contributed by atoms with E-state index in [1.807, 2.05) is 36.4 Å². The molecule has 2 aromatic rings.